The molecular weight excluding hydrogens is 366 g/mol. The second kappa shape index (κ2) is 6.70. The van der Waals surface area contributed by atoms with Crippen molar-refractivity contribution in [2.75, 3.05) is 0 Å². The molecule has 2 heteroatoms. The summed E-state index contributed by atoms with van der Waals surface area (Å²) >= 11 is 0. The third kappa shape index (κ3) is 2.67. The maximum Gasteiger partial charge on any atom is 0.162 e. The zero-order chi connectivity index (χ0) is 20.2. The van der Waals surface area contributed by atoms with Crippen molar-refractivity contribution in [1.82, 2.24) is 4.98 Å². The van der Waals surface area contributed by atoms with Crippen LogP contribution in [0.1, 0.15) is 48.3 Å². The Morgan fingerprint density at radius 3 is 2.33 bits per heavy atom. The minimum atomic E-state index is 0.609. The Labute approximate surface area is 176 Å². The van der Waals surface area contributed by atoms with Crippen LogP contribution in [-0.4, -0.2) is 4.98 Å². The van der Waals surface area contributed by atoms with Gasteiger partial charge in [-0.2, -0.15) is 0 Å². The highest BCUT2D eigenvalue weighted by molar-refractivity contribution is 6.21. The summed E-state index contributed by atoms with van der Waals surface area (Å²) in [7, 11) is 0. The molecule has 0 atom stereocenters. The van der Waals surface area contributed by atoms with E-state index in [0.717, 1.165) is 27.9 Å². The van der Waals surface area contributed by atoms with Gasteiger partial charge in [-0.3, -0.25) is 0 Å². The molecule has 0 saturated heterocycles. The quantitative estimate of drug-likeness (QED) is 0.304. The first-order chi connectivity index (χ1) is 14.7. The van der Waals surface area contributed by atoms with E-state index < -0.39 is 0 Å². The molecule has 6 rings (SSSR count). The summed E-state index contributed by atoms with van der Waals surface area (Å²) < 4.78 is 6.71. The maximum atomic E-state index is 6.71. The van der Waals surface area contributed by atoms with Crippen molar-refractivity contribution >= 4 is 32.8 Å². The molecule has 5 aromatic rings. The van der Waals surface area contributed by atoms with E-state index in [9.17, 15) is 0 Å². The van der Waals surface area contributed by atoms with Crippen LogP contribution < -0.4 is 0 Å². The van der Waals surface area contributed by atoms with Gasteiger partial charge in [-0.25, -0.2) is 4.98 Å². The molecule has 1 aliphatic rings. The number of nitrogens with zero attached hydrogens (tertiary/aromatic N) is 1. The summed E-state index contributed by atoms with van der Waals surface area (Å²) in [5, 5.41) is 3.59. The molecular formula is C28H25NO. The molecule has 2 heterocycles. The molecule has 0 N–H and O–H groups in total. The number of aromatic nitrogens is 1. The number of para-hydroxylation sites is 2. The van der Waals surface area contributed by atoms with Crippen molar-refractivity contribution in [2.24, 2.45) is 0 Å². The summed E-state index contributed by atoms with van der Waals surface area (Å²) in [5.41, 5.74) is 8.94. The van der Waals surface area contributed by atoms with Gasteiger partial charge in [0.2, 0.25) is 0 Å². The summed E-state index contributed by atoms with van der Waals surface area (Å²) in [6.45, 7) is 4.29. The molecule has 0 radical (unpaired) electrons. The smallest absolute Gasteiger partial charge is 0.162 e. The molecule has 0 bridgehead atoms. The monoisotopic (exact) mass is 391 g/mol. The van der Waals surface area contributed by atoms with Gasteiger partial charge in [0.25, 0.3) is 0 Å². The molecule has 1 aliphatic carbocycles. The Bertz CT molecular complexity index is 1400. The zero-order valence-corrected chi connectivity index (χ0v) is 17.5. The molecule has 0 spiro atoms. The summed E-state index contributed by atoms with van der Waals surface area (Å²) in [5.74, 6) is 0.609. The van der Waals surface area contributed by atoms with Crippen LogP contribution in [0.4, 0.5) is 0 Å². The Morgan fingerprint density at radius 1 is 0.800 bits per heavy atom. The zero-order valence-electron chi connectivity index (χ0n) is 17.5. The van der Waals surface area contributed by atoms with Gasteiger partial charge in [0.1, 0.15) is 11.3 Å². The lowest BCUT2D eigenvalue weighted by Gasteiger charge is -2.09. The minimum absolute atomic E-state index is 0.609. The second-order valence-corrected chi connectivity index (χ2v) is 8.87. The van der Waals surface area contributed by atoms with Gasteiger partial charge in [-0.1, -0.05) is 66.4 Å². The fourth-order valence-corrected chi connectivity index (χ4v) is 5.39. The van der Waals surface area contributed by atoms with Crippen LogP contribution in [0, 0.1) is 13.8 Å². The lowest BCUT2D eigenvalue weighted by atomic mass is 9.95. The number of aryl methyl sites for hydroxylation is 2. The average molecular weight is 392 g/mol. The van der Waals surface area contributed by atoms with Crippen LogP contribution in [0.2, 0.25) is 0 Å². The van der Waals surface area contributed by atoms with Gasteiger partial charge < -0.3 is 4.42 Å². The first-order valence-corrected chi connectivity index (χ1v) is 11.0. The van der Waals surface area contributed by atoms with E-state index in [1.54, 1.807) is 0 Å². The van der Waals surface area contributed by atoms with Crippen LogP contribution in [-0.2, 0) is 0 Å². The number of fused-ring (bicyclic) bond motifs is 5. The Hall–Kier alpha value is -3.13. The normalized spacial score (nSPS) is 15.0. The topological polar surface area (TPSA) is 26.0 Å². The van der Waals surface area contributed by atoms with E-state index in [2.05, 4.69) is 74.5 Å². The predicted molar refractivity (Wildman–Crippen MR) is 125 cm³/mol. The van der Waals surface area contributed by atoms with Crippen LogP contribution >= 0.6 is 0 Å². The van der Waals surface area contributed by atoms with Crippen molar-refractivity contribution in [3.05, 3.63) is 77.4 Å². The fourth-order valence-electron chi connectivity index (χ4n) is 5.39. The van der Waals surface area contributed by atoms with Crippen LogP contribution in [0.25, 0.3) is 44.1 Å². The molecule has 2 aromatic heterocycles. The predicted octanol–water partition coefficient (Wildman–Crippen LogP) is 8.08. The van der Waals surface area contributed by atoms with Crippen molar-refractivity contribution in [2.45, 2.75) is 45.4 Å². The van der Waals surface area contributed by atoms with Gasteiger partial charge in [-0.05, 0) is 56.4 Å². The largest absolute Gasteiger partial charge is 0.453 e. The van der Waals surface area contributed by atoms with Crippen molar-refractivity contribution in [3.8, 4) is 11.3 Å². The first kappa shape index (κ1) is 17.7. The number of hydrogen-bond donors (Lipinski definition) is 0. The summed E-state index contributed by atoms with van der Waals surface area (Å²) in [6, 6.07) is 21.8. The van der Waals surface area contributed by atoms with Gasteiger partial charge in [0.05, 0.1) is 5.52 Å². The first-order valence-electron chi connectivity index (χ1n) is 11.0. The highest BCUT2D eigenvalue weighted by atomic mass is 16.3. The fraction of sp³-hybridized carbons (Fsp3) is 0.250. The Kier molecular flexibility index (Phi) is 3.95. The van der Waals surface area contributed by atoms with E-state index in [-0.39, 0.29) is 0 Å². The van der Waals surface area contributed by atoms with Crippen LogP contribution in [0.5, 0.6) is 0 Å². The number of rotatable bonds is 2. The molecule has 2 nitrogen and oxygen atoms in total. The van der Waals surface area contributed by atoms with E-state index in [0.29, 0.717) is 5.92 Å². The molecule has 0 amide bonds. The van der Waals surface area contributed by atoms with Crippen molar-refractivity contribution < 1.29 is 4.42 Å². The highest BCUT2D eigenvalue weighted by Crippen LogP contribution is 2.44. The van der Waals surface area contributed by atoms with E-state index in [1.165, 1.54) is 58.5 Å². The molecule has 30 heavy (non-hydrogen) atoms. The number of pyridine rings is 1. The average Bonchev–Trinajstić information content (AvgIpc) is 3.40. The Morgan fingerprint density at radius 2 is 1.53 bits per heavy atom. The SMILES string of the molecule is Cc1cc(C)cc(-c2nc3ccccc3c3c2oc2c(C4CCCC4)cccc23)c1. The lowest BCUT2D eigenvalue weighted by Crippen LogP contribution is -1.91. The third-order valence-electron chi connectivity index (χ3n) is 6.66. The van der Waals surface area contributed by atoms with Crippen molar-refractivity contribution in [3.63, 3.8) is 0 Å². The van der Waals surface area contributed by atoms with Gasteiger partial charge >= 0.3 is 0 Å². The maximum absolute atomic E-state index is 6.71. The second-order valence-electron chi connectivity index (χ2n) is 8.87. The molecule has 0 unspecified atom stereocenters. The van der Waals surface area contributed by atoms with Crippen molar-refractivity contribution in [1.29, 1.82) is 0 Å². The van der Waals surface area contributed by atoms with E-state index >= 15 is 0 Å². The lowest BCUT2D eigenvalue weighted by molar-refractivity contribution is 0.643. The molecule has 148 valence electrons. The summed E-state index contributed by atoms with van der Waals surface area (Å²) in [6.07, 6.45) is 5.16. The molecule has 0 aliphatic heterocycles. The van der Waals surface area contributed by atoms with E-state index in [4.69, 9.17) is 9.40 Å². The number of benzene rings is 3. The van der Waals surface area contributed by atoms with Crippen LogP contribution in [0.15, 0.2) is 65.1 Å². The molecule has 3 aromatic carbocycles. The van der Waals surface area contributed by atoms with Gasteiger partial charge in [-0.15, -0.1) is 0 Å². The molecule has 1 fully saturated rings. The Balaban J connectivity index is 1.76. The van der Waals surface area contributed by atoms with Gasteiger partial charge in [0, 0.05) is 21.7 Å². The van der Waals surface area contributed by atoms with E-state index in [1.807, 2.05) is 0 Å². The number of hydrogen-bond acceptors (Lipinski definition) is 2. The van der Waals surface area contributed by atoms with Crippen LogP contribution in [0.3, 0.4) is 0 Å². The number of furan rings is 1. The third-order valence-corrected chi connectivity index (χ3v) is 6.66. The minimum Gasteiger partial charge on any atom is -0.453 e. The molecule has 1 saturated carbocycles. The summed E-state index contributed by atoms with van der Waals surface area (Å²) in [4.78, 5) is 5.08. The highest BCUT2D eigenvalue weighted by Gasteiger charge is 2.24. The standard InChI is InChI=1S/C28H25NO/c1-17-14-18(2)16-20(15-17)26-28-25(22-10-5-6-13-24(22)29-26)23-12-7-11-21(27(23)30-28)19-8-3-4-9-19/h5-7,10-16,19H,3-4,8-9H2,1-2H3. The van der Waals surface area contributed by atoms with Gasteiger partial charge in [0.15, 0.2) is 5.58 Å².